The van der Waals surface area contributed by atoms with Crippen LogP contribution >= 0.6 is 0 Å². The van der Waals surface area contributed by atoms with Gasteiger partial charge in [-0.05, 0) is 30.5 Å². The second-order valence-corrected chi connectivity index (χ2v) is 5.31. The molecule has 0 radical (unpaired) electrons. The molecule has 2 aromatic rings. The molecule has 1 saturated heterocycles. The smallest absolute Gasteiger partial charge is 0.247 e. The lowest BCUT2D eigenvalue weighted by molar-refractivity contribution is -0.128. The summed E-state index contributed by atoms with van der Waals surface area (Å²) in [4.78, 5) is 22.6. The van der Waals surface area contributed by atoms with E-state index in [9.17, 15) is 4.79 Å². The van der Waals surface area contributed by atoms with Crippen LogP contribution in [0.1, 0.15) is 43.1 Å². The summed E-state index contributed by atoms with van der Waals surface area (Å²) in [7, 11) is 0. The van der Waals surface area contributed by atoms with Crippen LogP contribution in [0, 0.1) is 0 Å². The normalized spacial score (nSPS) is 19.3. The maximum absolute atomic E-state index is 12.6. The van der Waals surface area contributed by atoms with Crippen molar-refractivity contribution in [3.05, 3.63) is 48.4 Å². The van der Waals surface area contributed by atoms with Gasteiger partial charge >= 0.3 is 0 Å². The van der Waals surface area contributed by atoms with Crippen molar-refractivity contribution in [1.29, 1.82) is 0 Å². The fourth-order valence-electron chi connectivity index (χ4n) is 2.70. The minimum atomic E-state index is -0.104. The van der Waals surface area contributed by atoms with Crippen molar-refractivity contribution >= 4 is 12.0 Å². The number of carbonyl (C=O) groups is 1. The highest BCUT2D eigenvalue weighted by Crippen LogP contribution is 2.28. The topological polar surface area (TPSA) is 72.1 Å². The molecule has 0 spiro atoms. The molecule has 0 bridgehead atoms. The van der Waals surface area contributed by atoms with E-state index in [1.165, 1.54) is 6.39 Å². The summed E-state index contributed by atoms with van der Waals surface area (Å²) in [6.45, 7) is 0.718. The van der Waals surface area contributed by atoms with Crippen molar-refractivity contribution in [3.63, 3.8) is 0 Å². The number of nitrogens with zero attached hydrogens (tertiary/aromatic N) is 4. The Labute approximate surface area is 128 Å². The van der Waals surface area contributed by atoms with Gasteiger partial charge in [0.15, 0.2) is 5.82 Å². The molecule has 3 heterocycles. The summed E-state index contributed by atoms with van der Waals surface area (Å²) in [5.41, 5.74) is 0.904. The van der Waals surface area contributed by atoms with Crippen LogP contribution in [0.4, 0.5) is 0 Å². The molecule has 114 valence electrons. The number of hydrogen-bond acceptors (Lipinski definition) is 5. The standard InChI is InChI=1S/C16H18N4O2/c21-15(8-7-13-5-4-9-17-11-13)20-10-3-1-2-6-14(20)16-18-12-22-19-16/h4-5,7-9,11-12,14H,1-3,6,10H2/b8-7+. The third kappa shape index (κ3) is 3.39. The van der Waals surface area contributed by atoms with Crippen molar-refractivity contribution in [2.24, 2.45) is 0 Å². The predicted octanol–water partition coefficient (Wildman–Crippen LogP) is 2.62. The van der Waals surface area contributed by atoms with Gasteiger partial charge in [0.05, 0.1) is 6.04 Å². The molecule has 1 unspecified atom stereocenters. The molecule has 6 heteroatoms. The van der Waals surface area contributed by atoms with Gasteiger partial charge in [-0.1, -0.05) is 24.1 Å². The molecule has 0 aromatic carbocycles. The molecule has 1 amide bonds. The van der Waals surface area contributed by atoms with Gasteiger partial charge in [-0.3, -0.25) is 9.78 Å². The van der Waals surface area contributed by atoms with Gasteiger partial charge in [-0.2, -0.15) is 4.98 Å². The van der Waals surface area contributed by atoms with Crippen LogP contribution in [0.5, 0.6) is 0 Å². The SMILES string of the molecule is O=C(/C=C/c1cccnc1)N1CCCCCC1c1ncon1. The Morgan fingerprint density at radius 1 is 1.36 bits per heavy atom. The van der Waals surface area contributed by atoms with Gasteiger partial charge < -0.3 is 9.42 Å². The quantitative estimate of drug-likeness (QED) is 0.814. The van der Waals surface area contributed by atoms with E-state index in [4.69, 9.17) is 4.52 Å². The van der Waals surface area contributed by atoms with Crippen molar-refractivity contribution in [3.8, 4) is 0 Å². The molecule has 3 rings (SSSR count). The van der Waals surface area contributed by atoms with Gasteiger partial charge in [0, 0.05) is 25.0 Å². The van der Waals surface area contributed by atoms with Gasteiger partial charge in [0.2, 0.25) is 12.3 Å². The molecular formula is C16H18N4O2. The minimum absolute atomic E-state index is 0.0273. The summed E-state index contributed by atoms with van der Waals surface area (Å²) in [5, 5.41) is 3.92. The Kier molecular flexibility index (Phi) is 4.58. The Morgan fingerprint density at radius 3 is 3.09 bits per heavy atom. The van der Waals surface area contributed by atoms with Crippen molar-refractivity contribution in [2.75, 3.05) is 6.54 Å². The van der Waals surface area contributed by atoms with E-state index in [1.54, 1.807) is 24.5 Å². The fourth-order valence-corrected chi connectivity index (χ4v) is 2.70. The van der Waals surface area contributed by atoms with Crippen molar-refractivity contribution in [1.82, 2.24) is 20.0 Å². The van der Waals surface area contributed by atoms with E-state index < -0.39 is 0 Å². The molecule has 0 saturated carbocycles. The molecule has 22 heavy (non-hydrogen) atoms. The van der Waals surface area contributed by atoms with Crippen LogP contribution < -0.4 is 0 Å². The molecule has 1 fully saturated rings. The van der Waals surface area contributed by atoms with Gasteiger partial charge in [0.1, 0.15) is 0 Å². The first kappa shape index (κ1) is 14.4. The van der Waals surface area contributed by atoms with E-state index >= 15 is 0 Å². The zero-order valence-corrected chi connectivity index (χ0v) is 12.3. The van der Waals surface area contributed by atoms with E-state index in [-0.39, 0.29) is 11.9 Å². The van der Waals surface area contributed by atoms with E-state index in [0.717, 1.165) is 37.8 Å². The first-order valence-corrected chi connectivity index (χ1v) is 7.49. The van der Waals surface area contributed by atoms with Crippen LogP contribution in [0.2, 0.25) is 0 Å². The summed E-state index contributed by atoms with van der Waals surface area (Å²) < 4.78 is 4.84. The summed E-state index contributed by atoms with van der Waals surface area (Å²) in [6.07, 6.45) is 12.2. The number of pyridine rings is 1. The van der Waals surface area contributed by atoms with Crippen molar-refractivity contribution < 1.29 is 9.32 Å². The fraction of sp³-hybridized carbons (Fsp3) is 0.375. The summed E-state index contributed by atoms with van der Waals surface area (Å²) in [6, 6.07) is 3.65. The first-order chi connectivity index (χ1) is 10.8. The Morgan fingerprint density at radius 2 is 2.32 bits per heavy atom. The van der Waals surface area contributed by atoms with Crippen LogP contribution in [-0.2, 0) is 4.79 Å². The molecule has 0 N–H and O–H groups in total. The molecule has 1 atom stereocenters. The molecule has 0 aliphatic carbocycles. The molecule has 2 aromatic heterocycles. The number of aromatic nitrogens is 3. The number of amides is 1. The third-order valence-corrected chi connectivity index (χ3v) is 3.82. The highest BCUT2D eigenvalue weighted by molar-refractivity contribution is 5.92. The molecular weight excluding hydrogens is 280 g/mol. The lowest BCUT2D eigenvalue weighted by atomic mass is 10.1. The Hall–Kier alpha value is -2.50. The Bertz CT molecular complexity index is 625. The van der Waals surface area contributed by atoms with E-state index in [1.807, 2.05) is 17.0 Å². The van der Waals surface area contributed by atoms with E-state index in [2.05, 4.69) is 15.1 Å². The number of rotatable bonds is 3. The average molecular weight is 298 g/mol. The van der Waals surface area contributed by atoms with Crippen LogP contribution in [0.15, 0.2) is 41.5 Å². The maximum atomic E-state index is 12.6. The lowest BCUT2D eigenvalue weighted by Gasteiger charge is -2.26. The summed E-state index contributed by atoms with van der Waals surface area (Å²) >= 11 is 0. The second-order valence-electron chi connectivity index (χ2n) is 5.31. The van der Waals surface area contributed by atoms with Crippen LogP contribution in [0.3, 0.4) is 0 Å². The minimum Gasteiger partial charge on any atom is -0.343 e. The third-order valence-electron chi connectivity index (χ3n) is 3.82. The maximum Gasteiger partial charge on any atom is 0.247 e. The second kappa shape index (κ2) is 6.98. The van der Waals surface area contributed by atoms with E-state index in [0.29, 0.717) is 5.82 Å². The van der Waals surface area contributed by atoms with Gasteiger partial charge in [-0.15, -0.1) is 0 Å². The summed E-state index contributed by atoms with van der Waals surface area (Å²) in [5.74, 6) is 0.561. The van der Waals surface area contributed by atoms with Crippen molar-refractivity contribution in [2.45, 2.75) is 31.7 Å². The van der Waals surface area contributed by atoms with Gasteiger partial charge in [0.25, 0.3) is 0 Å². The molecule has 1 aliphatic rings. The van der Waals surface area contributed by atoms with Gasteiger partial charge in [-0.25, -0.2) is 0 Å². The van der Waals surface area contributed by atoms with Crippen LogP contribution in [-0.4, -0.2) is 32.5 Å². The molecule has 1 aliphatic heterocycles. The largest absolute Gasteiger partial charge is 0.343 e. The molecule has 6 nitrogen and oxygen atoms in total. The number of hydrogen-bond donors (Lipinski definition) is 0. The average Bonchev–Trinajstić information content (AvgIpc) is 2.98. The highest BCUT2D eigenvalue weighted by atomic mass is 16.5. The highest BCUT2D eigenvalue weighted by Gasteiger charge is 2.28. The zero-order valence-electron chi connectivity index (χ0n) is 12.3. The Balaban J connectivity index is 1.77. The monoisotopic (exact) mass is 298 g/mol. The number of carbonyl (C=O) groups excluding carboxylic acids is 1. The lowest BCUT2D eigenvalue weighted by Crippen LogP contribution is -2.34. The number of likely N-dealkylation sites (tertiary alicyclic amines) is 1. The predicted molar refractivity (Wildman–Crippen MR) is 80.5 cm³/mol. The zero-order chi connectivity index (χ0) is 15.2. The van der Waals surface area contributed by atoms with Crippen LogP contribution in [0.25, 0.3) is 6.08 Å². The first-order valence-electron chi connectivity index (χ1n) is 7.49.